The monoisotopic (exact) mass is 384 g/mol. The molecule has 0 bridgehead atoms. The van der Waals surface area contributed by atoms with E-state index >= 15 is 0 Å². The van der Waals surface area contributed by atoms with Crippen LogP contribution in [-0.2, 0) is 17.7 Å². The zero-order valence-corrected chi connectivity index (χ0v) is 16.1. The Labute approximate surface area is 160 Å². The summed E-state index contributed by atoms with van der Waals surface area (Å²) in [6.45, 7) is 4.24. The van der Waals surface area contributed by atoms with E-state index in [4.69, 9.17) is 4.74 Å². The number of nitrogens with zero attached hydrogens (tertiary/aromatic N) is 2. The first-order valence-electron chi connectivity index (χ1n) is 8.48. The lowest BCUT2D eigenvalue weighted by atomic mass is 10.0. The van der Waals surface area contributed by atoms with Crippen molar-refractivity contribution in [3.05, 3.63) is 57.3 Å². The van der Waals surface area contributed by atoms with Crippen LogP contribution in [0.3, 0.4) is 0 Å². The third-order valence-electron chi connectivity index (χ3n) is 4.10. The van der Waals surface area contributed by atoms with Gasteiger partial charge < -0.3 is 10.1 Å². The number of esters is 1. The topological polar surface area (TPSA) is 97.0 Å². The summed E-state index contributed by atoms with van der Waals surface area (Å²) in [5, 5.41) is 12.6. The smallest absolute Gasteiger partial charge is 0.359 e. The molecule has 2 heterocycles. The van der Waals surface area contributed by atoms with Crippen molar-refractivity contribution in [2.75, 3.05) is 7.11 Å². The number of ether oxygens (including phenoxy) is 1. The lowest BCUT2D eigenvalue weighted by molar-refractivity contribution is 0.0594. The Morgan fingerprint density at radius 1 is 1.33 bits per heavy atom. The molecular formula is C19H20N4O3S. The molecule has 2 aromatic heterocycles. The van der Waals surface area contributed by atoms with E-state index < -0.39 is 5.97 Å². The van der Waals surface area contributed by atoms with Gasteiger partial charge in [0.25, 0.3) is 5.91 Å². The van der Waals surface area contributed by atoms with Gasteiger partial charge in [-0.05, 0) is 31.0 Å². The summed E-state index contributed by atoms with van der Waals surface area (Å²) in [6.07, 6.45) is 0.874. The van der Waals surface area contributed by atoms with Gasteiger partial charge in [-0.2, -0.15) is 5.10 Å². The zero-order chi connectivity index (χ0) is 19.4. The van der Waals surface area contributed by atoms with Crippen molar-refractivity contribution in [3.8, 4) is 11.1 Å². The van der Waals surface area contributed by atoms with Gasteiger partial charge in [-0.1, -0.05) is 19.1 Å². The number of thiazole rings is 1. The van der Waals surface area contributed by atoms with Gasteiger partial charge in [0.15, 0.2) is 5.69 Å². The normalized spacial score (nSPS) is 10.6. The molecule has 8 heteroatoms. The average Bonchev–Trinajstić information content (AvgIpc) is 3.31. The lowest BCUT2D eigenvalue weighted by Gasteiger charge is -2.07. The van der Waals surface area contributed by atoms with Gasteiger partial charge >= 0.3 is 5.97 Å². The molecular weight excluding hydrogens is 364 g/mol. The van der Waals surface area contributed by atoms with Gasteiger partial charge in [0, 0.05) is 22.2 Å². The van der Waals surface area contributed by atoms with Gasteiger partial charge in [0.2, 0.25) is 0 Å². The number of aromatic nitrogens is 3. The molecule has 2 N–H and O–H groups in total. The second-order valence-electron chi connectivity index (χ2n) is 5.91. The van der Waals surface area contributed by atoms with Gasteiger partial charge in [0.1, 0.15) is 5.01 Å². The van der Waals surface area contributed by atoms with Crippen LogP contribution in [0.15, 0.2) is 29.6 Å². The van der Waals surface area contributed by atoms with E-state index in [1.54, 1.807) is 18.2 Å². The zero-order valence-electron chi connectivity index (χ0n) is 15.3. The summed E-state index contributed by atoms with van der Waals surface area (Å²) in [6, 6.07) is 7.07. The average molecular weight is 384 g/mol. The van der Waals surface area contributed by atoms with E-state index in [0.29, 0.717) is 17.7 Å². The Balaban J connectivity index is 1.80. The highest BCUT2D eigenvalue weighted by molar-refractivity contribution is 7.09. The number of benzene rings is 1. The molecule has 0 saturated carbocycles. The molecule has 140 valence electrons. The summed E-state index contributed by atoms with van der Waals surface area (Å²) in [5.74, 6) is -0.731. The quantitative estimate of drug-likeness (QED) is 0.637. The predicted octanol–water partition coefficient (Wildman–Crippen LogP) is 3.12. The highest BCUT2D eigenvalue weighted by atomic mass is 32.1. The Bertz CT molecular complexity index is 977. The molecule has 1 amide bonds. The number of hydrogen-bond donors (Lipinski definition) is 2. The summed E-state index contributed by atoms with van der Waals surface area (Å²) < 4.78 is 4.78. The van der Waals surface area contributed by atoms with Crippen LogP contribution in [0.4, 0.5) is 0 Å². The highest BCUT2D eigenvalue weighted by Crippen LogP contribution is 2.27. The Kier molecular flexibility index (Phi) is 5.66. The fraction of sp³-hybridized carbons (Fsp3) is 0.263. The minimum absolute atomic E-state index is 0.197. The van der Waals surface area contributed by atoms with Crippen LogP contribution in [0.1, 0.15) is 44.2 Å². The first-order chi connectivity index (χ1) is 13.0. The van der Waals surface area contributed by atoms with Crippen molar-refractivity contribution in [1.29, 1.82) is 0 Å². The minimum atomic E-state index is -0.528. The summed E-state index contributed by atoms with van der Waals surface area (Å²) in [4.78, 5) is 28.9. The second kappa shape index (κ2) is 8.13. The van der Waals surface area contributed by atoms with Gasteiger partial charge in [0.05, 0.1) is 19.3 Å². The molecule has 0 saturated heterocycles. The summed E-state index contributed by atoms with van der Waals surface area (Å²) >= 11 is 1.53. The first-order valence-corrected chi connectivity index (χ1v) is 9.36. The largest absolute Gasteiger partial charge is 0.464 e. The Morgan fingerprint density at radius 3 is 2.85 bits per heavy atom. The maximum Gasteiger partial charge on any atom is 0.359 e. The molecule has 0 aliphatic rings. The van der Waals surface area contributed by atoms with Crippen molar-refractivity contribution in [3.63, 3.8) is 0 Å². The SMILES string of the molecule is CCc1csc(CNC(=O)c2cccc(-c3c(C(=O)OC)n[nH]c3C)c2)n1. The van der Waals surface area contributed by atoms with Gasteiger partial charge in [-0.25, -0.2) is 9.78 Å². The molecule has 0 atom stereocenters. The molecule has 27 heavy (non-hydrogen) atoms. The molecule has 0 fully saturated rings. The maximum absolute atomic E-state index is 12.5. The molecule has 3 rings (SSSR count). The lowest BCUT2D eigenvalue weighted by Crippen LogP contribution is -2.22. The number of H-pyrrole nitrogens is 1. The van der Waals surface area contributed by atoms with E-state index in [9.17, 15) is 9.59 Å². The van der Waals surface area contributed by atoms with Crippen LogP contribution < -0.4 is 5.32 Å². The number of amides is 1. The minimum Gasteiger partial charge on any atom is -0.464 e. The molecule has 0 unspecified atom stereocenters. The second-order valence-corrected chi connectivity index (χ2v) is 6.86. The Hall–Kier alpha value is -3.00. The summed E-state index contributed by atoms with van der Waals surface area (Å²) in [5.41, 5.74) is 3.79. The fourth-order valence-electron chi connectivity index (χ4n) is 2.69. The maximum atomic E-state index is 12.5. The number of aryl methyl sites for hydroxylation is 2. The van der Waals surface area contributed by atoms with E-state index in [-0.39, 0.29) is 11.6 Å². The summed E-state index contributed by atoms with van der Waals surface area (Å²) in [7, 11) is 1.31. The van der Waals surface area contributed by atoms with Crippen LogP contribution in [0.25, 0.3) is 11.1 Å². The molecule has 0 aliphatic carbocycles. The van der Waals surface area contributed by atoms with Crippen molar-refractivity contribution in [2.45, 2.75) is 26.8 Å². The predicted molar refractivity (Wildman–Crippen MR) is 103 cm³/mol. The van der Waals surface area contributed by atoms with Crippen molar-refractivity contribution in [2.24, 2.45) is 0 Å². The van der Waals surface area contributed by atoms with E-state index in [1.165, 1.54) is 18.4 Å². The number of aromatic amines is 1. The molecule has 1 aromatic carbocycles. The fourth-order valence-corrected chi connectivity index (χ4v) is 3.51. The molecule has 3 aromatic rings. The van der Waals surface area contributed by atoms with Crippen LogP contribution in [0.5, 0.6) is 0 Å². The molecule has 7 nitrogen and oxygen atoms in total. The number of rotatable bonds is 6. The number of nitrogens with one attached hydrogen (secondary N) is 2. The van der Waals surface area contributed by atoms with E-state index in [1.807, 2.05) is 25.3 Å². The molecule has 0 spiro atoms. The van der Waals surface area contributed by atoms with Crippen molar-refractivity contribution < 1.29 is 14.3 Å². The third kappa shape index (κ3) is 4.06. The van der Waals surface area contributed by atoms with Gasteiger partial charge in [-0.15, -0.1) is 11.3 Å². The molecule has 0 radical (unpaired) electrons. The number of carbonyl (C=O) groups is 2. The van der Waals surface area contributed by atoms with Crippen molar-refractivity contribution in [1.82, 2.24) is 20.5 Å². The number of carbonyl (C=O) groups excluding carboxylic acids is 2. The van der Waals surface area contributed by atoms with Gasteiger partial charge in [-0.3, -0.25) is 9.89 Å². The number of methoxy groups -OCH3 is 1. The van der Waals surface area contributed by atoms with E-state index in [2.05, 4.69) is 20.5 Å². The van der Waals surface area contributed by atoms with Crippen LogP contribution in [-0.4, -0.2) is 34.2 Å². The molecule has 0 aliphatic heterocycles. The first kappa shape index (κ1) is 18.8. The standard InChI is InChI=1S/C19H20N4O3S/c1-4-14-10-27-15(21-14)9-20-18(24)13-7-5-6-12(8-13)16-11(2)22-23-17(16)19(25)26-3/h5-8,10H,4,9H2,1-3H3,(H,20,24)(H,22,23). The van der Waals surface area contributed by atoms with Crippen LogP contribution >= 0.6 is 11.3 Å². The van der Waals surface area contributed by atoms with Crippen molar-refractivity contribution >= 4 is 23.2 Å². The number of hydrogen-bond acceptors (Lipinski definition) is 6. The Morgan fingerprint density at radius 2 is 2.15 bits per heavy atom. The third-order valence-corrected chi connectivity index (χ3v) is 5.00. The van der Waals surface area contributed by atoms with Crippen LogP contribution in [0, 0.1) is 6.92 Å². The highest BCUT2D eigenvalue weighted by Gasteiger charge is 2.20. The van der Waals surface area contributed by atoms with E-state index in [0.717, 1.165) is 28.4 Å². The van der Waals surface area contributed by atoms with Crippen LogP contribution in [0.2, 0.25) is 0 Å².